The monoisotopic (exact) mass is 296 g/mol. The van der Waals surface area contributed by atoms with E-state index < -0.39 is 10.8 Å². The van der Waals surface area contributed by atoms with Gasteiger partial charge in [-0.25, -0.2) is 0 Å². The predicted octanol–water partition coefficient (Wildman–Crippen LogP) is 2.23. The third-order valence-electron chi connectivity index (χ3n) is 2.42. The number of nitro groups is 1. The Labute approximate surface area is 117 Å². The molecule has 20 heavy (non-hydrogen) atoms. The first-order valence-corrected chi connectivity index (χ1v) is 5.72. The number of ether oxygens (including phenoxy) is 1. The topological polar surface area (TPSA) is 110 Å². The molecular formula is C11H9ClN4O4. The Kier molecular flexibility index (Phi) is 3.85. The Balaban J connectivity index is 2.29. The van der Waals surface area contributed by atoms with Crippen LogP contribution in [0.15, 0.2) is 24.4 Å². The number of nitrogens with zero attached hydrogens (tertiary/aromatic N) is 2. The quantitative estimate of drug-likeness (QED) is 0.664. The first kappa shape index (κ1) is 13.8. The van der Waals surface area contributed by atoms with Crippen molar-refractivity contribution in [1.29, 1.82) is 0 Å². The third kappa shape index (κ3) is 2.86. The number of amides is 1. The van der Waals surface area contributed by atoms with E-state index in [0.717, 1.165) is 0 Å². The second-order valence-corrected chi connectivity index (χ2v) is 4.13. The average molecular weight is 297 g/mol. The van der Waals surface area contributed by atoms with Gasteiger partial charge in [-0.05, 0) is 0 Å². The van der Waals surface area contributed by atoms with Crippen molar-refractivity contribution in [2.24, 2.45) is 0 Å². The van der Waals surface area contributed by atoms with Crippen molar-refractivity contribution in [1.82, 2.24) is 10.2 Å². The van der Waals surface area contributed by atoms with Gasteiger partial charge in [0.1, 0.15) is 11.4 Å². The van der Waals surface area contributed by atoms with Gasteiger partial charge in [-0.15, -0.1) is 0 Å². The largest absolute Gasteiger partial charge is 0.496 e. The number of rotatable bonds is 4. The fourth-order valence-corrected chi connectivity index (χ4v) is 1.68. The van der Waals surface area contributed by atoms with Crippen molar-refractivity contribution < 1.29 is 14.5 Å². The van der Waals surface area contributed by atoms with Gasteiger partial charge in [0.05, 0.1) is 35.0 Å². The Bertz CT molecular complexity index is 670. The number of aromatic nitrogens is 2. The highest BCUT2D eigenvalue weighted by atomic mass is 35.5. The zero-order valence-corrected chi connectivity index (χ0v) is 11.0. The fraction of sp³-hybridized carbons (Fsp3) is 0.0909. The molecule has 1 heterocycles. The molecule has 2 aromatic rings. The van der Waals surface area contributed by atoms with Gasteiger partial charge in [0.25, 0.3) is 11.6 Å². The predicted molar refractivity (Wildman–Crippen MR) is 71.2 cm³/mol. The summed E-state index contributed by atoms with van der Waals surface area (Å²) in [6.07, 6.45) is 1.28. The van der Waals surface area contributed by atoms with E-state index in [1.807, 2.05) is 0 Å². The molecule has 0 saturated carbocycles. The van der Waals surface area contributed by atoms with Crippen LogP contribution in [-0.2, 0) is 0 Å². The SMILES string of the molecule is COc1cc(NC(=O)c2[nH]ncc2Cl)cc([N+](=O)[O-])c1. The summed E-state index contributed by atoms with van der Waals surface area (Å²) in [5, 5.41) is 19.5. The number of nitrogens with one attached hydrogen (secondary N) is 2. The maximum absolute atomic E-state index is 11.9. The van der Waals surface area contributed by atoms with E-state index >= 15 is 0 Å². The number of carbonyl (C=O) groups excluding carboxylic acids is 1. The van der Waals surface area contributed by atoms with E-state index in [2.05, 4.69) is 15.5 Å². The Morgan fingerprint density at radius 2 is 2.25 bits per heavy atom. The lowest BCUT2D eigenvalue weighted by molar-refractivity contribution is -0.384. The van der Waals surface area contributed by atoms with Crippen LogP contribution in [0.25, 0.3) is 0 Å². The van der Waals surface area contributed by atoms with Crippen molar-refractivity contribution in [3.8, 4) is 5.75 Å². The zero-order valence-electron chi connectivity index (χ0n) is 10.2. The molecule has 0 unspecified atom stereocenters. The maximum atomic E-state index is 11.9. The summed E-state index contributed by atoms with van der Waals surface area (Å²) in [7, 11) is 1.37. The van der Waals surface area contributed by atoms with Crippen molar-refractivity contribution >= 4 is 28.9 Å². The van der Waals surface area contributed by atoms with Gasteiger partial charge in [-0.1, -0.05) is 11.6 Å². The molecule has 1 aromatic carbocycles. The van der Waals surface area contributed by atoms with Crippen molar-refractivity contribution in [2.45, 2.75) is 0 Å². The Morgan fingerprint density at radius 3 is 2.80 bits per heavy atom. The number of H-pyrrole nitrogens is 1. The van der Waals surface area contributed by atoms with Crippen LogP contribution in [0.3, 0.4) is 0 Å². The summed E-state index contributed by atoms with van der Waals surface area (Å²) < 4.78 is 4.94. The zero-order chi connectivity index (χ0) is 14.7. The highest BCUT2D eigenvalue weighted by Gasteiger charge is 2.15. The molecule has 1 aromatic heterocycles. The fourth-order valence-electron chi connectivity index (χ4n) is 1.50. The number of methoxy groups -OCH3 is 1. The highest BCUT2D eigenvalue weighted by molar-refractivity contribution is 6.34. The number of benzene rings is 1. The summed E-state index contributed by atoms with van der Waals surface area (Å²) in [6.45, 7) is 0. The van der Waals surface area contributed by atoms with Gasteiger partial charge in [-0.2, -0.15) is 5.10 Å². The van der Waals surface area contributed by atoms with E-state index in [9.17, 15) is 14.9 Å². The molecule has 0 radical (unpaired) electrons. The van der Waals surface area contributed by atoms with Crippen molar-refractivity contribution in [3.63, 3.8) is 0 Å². The summed E-state index contributed by atoms with van der Waals surface area (Å²) in [5.74, 6) is -0.305. The van der Waals surface area contributed by atoms with E-state index in [0.29, 0.717) is 0 Å². The number of halogens is 1. The molecule has 1 amide bonds. The third-order valence-corrected chi connectivity index (χ3v) is 2.70. The minimum atomic E-state index is -0.582. The smallest absolute Gasteiger partial charge is 0.275 e. The highest BCUT2D eigenvalue weighted by Crippen LogP contribution is 2.26. The van der Waals surface area contributed by atoms with Gasteiger partial charge in [0, 0.05) is 12.1 Å². The molecule has 9 heteroatoms. The number of non-ortho nitro benzene ring substituents is 1. The van der Waals surface area contributed by atoms with Crippen LogP contribution in [0.1, 0.15) is 10.5 Å². The van der Waals surface area contributed by atoms with Crippen LogP contribution in [0.4, 0.5) is 11.4 Å². The first-order valence-electron chi connectivity index (χ1n) is 5.35. The van der Waals surface area contributed by atoms with E-state index in [1.165, 1.54) is 31.5 Å². The van der Waals surface area contributed by atoms with Gasteiger partial charge in [0.15, 0.2) is 0 Å². The lowest BCUT2D eigenvalue weighted by Crippen LogP contribution is -2.13. The summed E-state index contributed by atoms with van der Waals surface area (Å²) >= 11 is 5.75. The normalized spacial score (nSPS) is 10.1. The molecule has 8 nitrogen and oxygen atoms in total. The molecule has 2 rings (SSSR count). The molecule has 0 aliphatic carbocycles. The van der Waals surface area contributed by atoms with E-state index in [1.54, 1.807) is 0 Å². The number of aromatic amines is 1. The standard InChI is InChI=1S/C11H9ClN4O4/c1-20-8-3-6(2-7(4-8)16(18)19)14-11(17)10-9(12)5-13-15-10/h2-5H,1H3,(H,13,15)(H,14,17). The molecule has 104 valence electrons. The van der Waals surface area contributed by atoms with Crippen LogP contribution < -0.4 is 10.1 Å². The molecule has 0 aliphatic rings. The Hall–Kier alpha value is -2.61. The van der Waals surface area contributed by atoms with Gasteiger partial charge in [-0.3, -0.25) is 20.0 Å². The van der Waals surface area contributed by atoms with Gasteiger partial charge >= 0.3 is 0 Å². The molecule has 0 fully saturated rings. The second kappa shape index (κ2) is 5.57. The molecule has 0 atom stereocenters. The van der Waals surface area contributed by atoms with Crippen LogP contribution in [0.5, 0.6) is 5.75 Å². The molecule has 2 N–H and O–H groups in total. The molecule has 0 aliphatic heterocycles. The van der Waals surface area contributed by atoms with Gasteiger partial charge in [0.2, 0.25) is 0 Å². The average Bonchev–Trinajstić information content (AvgIpc) is 2.84. The maximum Gasteiger partial charge on any atom is 0.275 e. The number of anilines is 1. The van der Waals surface area contributed by atoms with Crippen LogP contribution in [0.2, 0.25) is 5.02 Å². The summed E-state index contributed by atoms with van der Waals surface area (Å²) in [5.41, 5.74) is 0.0826. The lowest BCUT2D eigenvalue weighted by atomic mass is 10.2. The van der Waals surface area contributed by atoms with Crippen LogP contribution in [-0.4, -0.2) is 28.1 Å². The molecular weight excluding hydrogens is 288 g/mol. The minimum absolute atomic E-state index is 0.0668. The van der Waals surface area contributed by atoms with Crippen LogP contribution >= 0.6 is 11.6 Å². The summed E-state index contributed by atoms with van der Waals surface area (Å²) in [6, 6.07) is 3.92. The summed E-state index contributed by atoms with van der Waals surface area (Å²) in [4.78, 5) is 22.1. The van der Waals surface area contributed by atoms with E-state index in [-0.39, 0.29) is 27.8 Å². The Morgan fingerprint density at radius 1 is 1.50 bits per heavy atom. The second-order valence-electron chi connectivity index (χ2n) is 3.72. The van der Waals surface area contributed by atoms with E-state index in [4.69, 9.17) is 16.3 Å². The number of carbonyl (C=O) groups is 1. The van der Waals surface area contributed by atoms with Gasteiger partial charge < -0.3 is 10.1 Å². The lowest BCUT2D eigenvalue weighted by Gasteiger charge is -2.06. The number of nitro benzene ring substituents is 1. The molecule has 0 bridgehead atoms. The van der Waals surface area contributed by atoms with Crippen molar-refractivity contribution in [2.75, 3.05) is 12.4 Å². The first-order chi connectivity index (χ1) is 9.51. The number of hydrogen-bond acceptors (Lipinski definition) is 5. The van der Waals surface area contributed by atoms with Crippen LogP contribution in [0, 0.1) is 10.1 Å². The minimum Gasteiger partial charge on any atom is -0.496 e. The molecule has 0 saturated heterocycles. The molecule has 0 spiro atoms. The number of hydrogen-bond donors (Lipinski definition) is 2. The van der Waals surface area contributed by atoms with Crippen molar-refractivity contribution in [3.05, 3.63) is 45.2 Å².